The van der Waals surface area contributed by atoms with E-state index in [1.165, 1.54) is 12.1 Å². The van der Waals surface area contributed by atoms with E-state index in [1.807, 2.05) is 13.8 Å². The van der Waals surface area contributed by atoms with Gasteiger partial charge in [0.15, 0.2) is 0 Å². The van der Waals surface area contributed by atoms with E-state index in [0.29, 0.717) is 22.7 Å². The molecule has 0 aliphatic rings. The van der Waals surface area contributed by atoms with Crippen LogP contribution in [0.2, 0.25) is 5.02 Å². The Morgan fingerprint density at radius 2 is 2.10 bits per heavy atom. The molecule has 0 saturated heterocycles. The highest BCUT2D eigenvalue weighted by Crippen LogP contribution is 2.26. The third-order valence-electron chi connectivity index (χ3n) is 3.85. The van der Waals surface area contributed by atoms with Gasteiger partial charge in [0.05, 0.1) is 35.1 Å². The van der Waals surface area contributed by atoms with E-state index in [-0.39, 0.29) is 35.5 Å². The van der Waals surface area contributed by atoms with Crippen molar-refractivity contribution in [3.05, 3.63) is 51.7 Å². The van der Waals surface area contributed by atoms with Gasteiger partial charge in [0.25, 0.3) is 0 Å². The molecule has 0 aliphatic carbocycles. The van der Waals surface area contributed by atoms with Gasteiger partial charge in [-0.1, -0.05) is 30.3 Å². The highest BCUT2D eigenvalue weighted by Gasteiger charge is 2.16. The van der Waals surface area contributed by atoms with Crippen molar-refractivity contribution in [3.63, 3.8) is 0 Å². The summed E-state index contributed by atoms with van der Waals surface area (Å²) in [5, 5.41) is 12.9. The van der Waals surface area contributed by atoms with Crippen LogP contribution in [0.3, 0.4) is 0 Å². The van der Waals surface area contributed by atoms with E-state index in [4.69, 9.17) is 21.1 Å². The quantitative estimate of drug-likeness (QED) is 0.450. The first-order valence-electron chi connectivity index (χ1n) is 9.18. The predicted octanol–water partition coefficient (Wildman–Crippen LogP) is 4.36. The van der Waals surface area contributed by atoms with Crippen molar-refractivity contribution in [2.75, 3.05) is 24.8 Å². The second kappa shape index (κ2) is 11.6. The van der Waals surface area contributed by atoms with E-state index in [2.05, 4.69) is 16.4 Å². The molecule has 1 amide bonds. The maximum atomic E-state index is 12.4. The van der Waals surface area contributed by atoms with Gasteiger partial charge in [-0.25, -0.2) is 9.78 Å². The summed E-state index contributed by atoms with van der Waals surface area (Å²) in [6.07, 6.45) is 0.695. The van der Waals surface area contributed by atoms with Crippen LogP contribution in [0.5, 0.6) is 0 Å². The minimum Gasteiger partial charge on any atom is -0.462 e. The molecule has 0 unspecified atom stereocenters. The standard InChI is InChI=1S/C21H22ClN3O4S/c1-4-7-29-21(27)16-9-15(5-6-18(16)22)25-19(26)12-30-20-17(10-23)14(11-28-3)8-13(2)24-20/h5-6,8-9H,4,7,11-12H2,1-3H3,(H,25,26). The summed E-state index contributed by atoms with van der Waals surface area (Å²) >= 11 is 7.23. The highest BCUT2D eigenvalue weighted by molar-refractivity contribution is 8.00. The van der Waals surface area contributed by atoms with Crippen LogP contribution in [-0.4, -0.2) is 36.3 Å². The Labute approximate surface area is 184 Å². The summed E-state index contributed by atoms with van der Waals surface area (Å²) in [5.74, 6) is -0.813. The molecule has 1 aromatic carbocycles. The number of nitriles is 1. The van der Waals surface area contributed by atoms with Gasteiger partial charge in [-0.2, -0.15) is 5.26 Å². The zero-order chi connectivity index (χ0) is 22.1. The molecule has 0 atom stereocenters. The van der Waals surface area contributed by atoms with Crippen LogP contribution in [0.25, 0.3) is 0 Å². The molecule has 1 heterocycles. The third kappa shape index (κ3) is 6.46. The van der Waals surface area contributed by atoms with Gasteiger partial charge in [-0.3, -0.25) is 4.79 Å². The normalized spacial score (nSPS) is 10.4. The molecule has 0 spiro atoms. The van der Waals surface area contributed by atoms with Gasteiger partial charge in [0.1, 0.15) is 11.1 Å². The lowest BCUT2D eigenvalue weighted by Gasteiger charge is -2.11. The fourth-order valence-electron chi connectivity index (χ4n) is 2.57. The van der Waals surface area contributed by atoms with Crippen molar-refractivity contribution in [2.45, 2.75) is 31.9 Å². The minimum absolute atomic E-state index is 0.0375. The van der Waals surface area contributed by atoms with E-state index >= 15 is 0 Å². The second-order valence-corrected chi connectivity index (χ2v) is 7.69. The molecule has 1 aromatic heterocycles. The first kappa shape index (κ1) is 23.7. The van der Waals surface area contributed by atoms with E-state index in [0.717, 1.165) is 23.0 Å². The predicted molar refractivity (Wildman–Crippen MR) is 116 cm³/mol. The van der Waals surface area contributed by atoms with Crippen LogP contribution in [0.4, 0.5) is 5.69 Å². The number of anilines is 1. The number of nitrogens with one attached hydrogen (secondary N) is 1. The van der Waals surface area contributed by atoms with Gasteiger partial charge in [-0.15, -0.1) is 0 Å². The Morgan fingerprint density at radius 3 is 2.77 bits per heavy atom. The van der Waals surface area contributed by atoms with Crippen molar-refractivity contribution in [3.8, 4) is 6.07 Å². The van der Waals surface area contributed by atoms with Crippen LogP contribution >= 0.6 is 23.4 Å². The van der Waals surface area contributed by atoms with Gasteiger partial charge in [0.2, 0.25) is 5.91 Å². The molecule has 7 nitrogen and oxygen atoms in total. The number of aromatic nitrogens is 1. The van der Waals surface area contributed by atoms with E-state index < -0.39 is 5.97 Å². The molecule has 2 aromatic rings. The Kier molecular flexibility index (Phi) is 9.12. The monoisotopic (exact) mass is 447 g/mol. The van der Waals surface area contributed by atoms with E-state index in [1.54, 1.807) is 19.2 Å². The number of nitrogens with zero attached hydrogens (tertiary/aromatic N) is 2. The molecule has 2 rings (SSSR count). The maximum Gasteiger partial charge on any atom is 0.339 e. The Bertz CT molecular complexity index is 975. The summed E-state index contributed by atoms with van der Waals surface area (Å²) in [7, 11) is 1.55. The van der Waals surface area contributed by atoms with Crippen LogP contribution in [-0.2, 0) is 20.9 Å². The Hall–Kier alpha value is -2.60. The number of carbonyl (C=O) groups is 2. The third-order valence-corrected chi connectivity index (χ3v) is 5.16. The minimum atomic E-state index is -0.541. The average Bonchev–Trinajstić information content (AvgIpc) is 2.72. The van der Waals surface area contributed by atoms with Gasteiger partial charge >= 0.3 is 5.97 Å². The number of carbonyl (C=O) groups excluding carboxylic acids is 2. The molecule has 0 bridgehead atoms. The Balaban J connectivity index is 2.09. The number of rotatable bonds is 9. The van der Waals surface area contributed by atoms with Crippen molar-refractivity contribution in [1.82, 2.24) is 4.98 Å². The number of thioether (sulfide) groups is 1. The van der Waals surface area contributed by atoms with Crippen molar-refractivity contribution in [1.29, 1.82) is 5.26 Å². The molecule has 158 valence electrons. The molecular weight excluding hydrogens is 426 g/mol. The molecule has 0 radical (unpaired) electrons. The fourth-order valence-corrected chi connectivity index (χ4v) is 3.63. The van der Waals surface area contributed by atoms with Crippen molar-refractivity contribution in [2.24, 2.45) is 0 Å². The zero-order valence-electron chi connectivity index (χ0n) is 17.0. The number of aryl methyl sites for hydroxylation is 1. The summed E-state index contributed by atoms with van der Waals surface area (Å²) in [6, 6.07) is 8.53. The first-order chi connectivity index (χ1) is 14.4. The average molecular weight is 448 g/mol. The van der Waals surface area contributed by atoms with Gasteiger partial charge in [-0.05, 0) is 43.2 Å². The fraction of sp³-hybridized carbons (Fsp3) is 0.333. The lowest BCUT2D eigenvalue weighted by Crippen LogP contribution is -2.15. The van der Waals surface area contributed by atoms with Crippen LogP contribution in [0.1, 0.15) is 40.5 Å². The largest absolute Gasteiger partial charge is 0.462 e. The number of methoxy groups -OCH3 is 1. The first-order valence-corrected chi connectivity index (χ1v) is 10.5. The topological polar surface area (TPSA) is 101 Å². The molecule has 0 fully saturated rings. The number of pyridine rings is 1. The summed E-state index contributed by atoms with van der Waals surface area (Å²) < 4.78 is 10.2. The lowest BCUT2D eigenvalue weighted by molar-refractivity contribution is -0.113. The van der Waals surface area contributed by atoms with Gasteiger partial charge in [0, 0.05) is 18.5 Å². The molecule has 0 aliphatic heterocycles. The molecule has 9 heteroatoms. The molecule has 0 saturated carbocycles. The summed E-state index contributed by atoms with van der Waals surface area (Å²) in [5.41, 5.74) is 2.46. The SMILES string of the molecule is CCCOC(=O)c1cc(NC(=O)CSc2nc(C)cc(COC)c2C#N)ccc1Cl. The van der Waals surface area contributed by atoms with E-state index in [9.17, 15) is 14.9 Å². The smallest absolute Gasteiger partial charge is 0.339 e. The molecule has 30 heavy (non-hydrogen) atoms. The Morgan fingerprint density at radius 1 is 1.33 bits per heavy atom. The number of benzene rings is 1. The number of esters is 1. The molecular formula is C21H22ClN3O4S. The lowest BCUT2D eigenvalue weighted by atomic mass is 10.1. The van der Waals surface area contributed by atoms with Crippen molar-refractivity contribution >= 4 is 40.9 Å². The van der Waals surface area contributed by atoms with Gasteiger partial charge < -0.3 is 14.8 Å². The van der Waals surface area contributed by atoms with Crippen LogP contribution < -0.4 is 5.32 Å². The number of ether oxygens (including phenoxy) is 2. The number of hydrogen-bond acceptors (Lipinski definition) is 7. The number of halogens is 1. The maximum absolute atomic E-state index is 12.4. The van der Waals surface area contributed by atoms with Crippen LogP contribution in [0.15, 0.2) is 29.3 Å². The summed E-state index contributed by atoms with van der Waals surface area (Å²) in [4.78, 5) is 28.9. The van der Waals surface area contributed by atoms with Crippen molar-refractivity contribution < 1.29 is 19.1 Å². The molecule has 1 N–H and O–H groups in total. The number of amides is 1. The number of hydrogen-bond donors (Lipinski definition) is 1. The zero-order valence-corrected chi connectivity index (χ0v) is 18.5. The summed E-state index contributed by atoms with van der Waals surface area (Å²) in [6.45, 7) is 4.28. The second-order valence-electron chi connectivity index (χ2n) is 6.32. The highest BCUT2D eigenvalue weighted by atomic mass is 35.5. The van der Waals surface area contributed by atoms with Crippen LogP contribution in [0, 0.1) is 18.3 Å².